The molecule has 0 fully saturated rings. The summed E-state index contributed by atoms with van der Waals surface area (Å²) in [5, 5.41) is 15.7. The monoisotopic (exact) mass is 618 g/mol. The normalized spacial score (nSPS) is 17.5. The van der Waals surface area contributed by atoms with Crippen LogP contribution in [0.1, 0.15) is 86.2 Å². The van der Waals surface area contributed by atoms with Gasteiger partial charge in [-0.05, 0) is 100.0 Å². The van der Waals surface area contributed by atoms with Gasteiger partial charge in [-0.3, -0.25) is 9.37 Å². The zero-order valence-corrected chi connectivity index (χ0v) is 26.9. The molecule has 0 bridgehead atoms. The van der Waals surface area contributed by atoms with Crippen LogP contribution in [0.15, 0.2) is 24.3 Å². The molecule has 0 saturated heterocycles. The van der Waals surface area contributed by atoms with E-state index in [1.165, 1.54) is 33.3 Å². The second kappa shape index (κ2) is 11.6. The Balaban J connectivity index is 1.40. The van der Waals surface area contributed by atoms with E-state index in [4.69, 9.17) is 4.74 Å². The number of anilines is 1. The molecular weight excluding hydrogens is 576 g/mol. The fourth-order valence-electron chi connectivity index (χ4n) is 8.45. The number of carboxylic acids is 1. The van der Waals surface area contributed by atoms with E-state index in [1.807, 2.05) is 14.1 Å². The van der Waals surface area contributed by atoms with Crippen LogP contribution >= 0.6 is 0 Å². The average Bonchev–Trinajstić information content (AvgIpc) is 3.06. The van der Waals surface area contributed by atoms with E-state index in [0.717, 1.165) is 118 Å². The summed E-state index contributed by atoms with van der Waals surface area (Å²) in [6, 6.07) is 11.1. The summed E-state index contributed by atoms with van der Waals surface area (Å²) in [4.78, 5) is 30.9. The van der Waals surface area contributed by atoms with Crippen molar-refractivity contribution in [1.82, 2.24) is 14.8 Å². The summed E-state index contributed by atoms with van der Waals surface area (Å²) < 4.78 is 9.59. The van der Waals surface area contributed by atoms with Crippen LogP contribution in [-0.4, -0.2) is 75.2 Å². The van der Waals surface area contributed by atoms with Gasteiger partial charge in [0.15, 0.2) is 0 Å². The van der Waals surface area contributed by atoms with Crippen LogP contribution in [0.3, 0.4) is 0 Å². The minimum Gasteiger partial charge on any atom is -0.501 e. The van der Waals surface area contributed by atoms with Crippen molar-refractivity contribution in [2.24, 2.45) is 0 Å². The average molecular weight is 619 g/mol. The van der Waals surface area contributed by atoms with Gasteiger partial charge in [-0.25, -0.2) is 4.79 Å². The highest BCUT2D eigenvalue weighted by Crippen LogP contribution is 2.48. The summed E-state index contributed by atoms with van der Waals surface area (Å²) in [6.45, 7) is 5.63. The molecule has 2 N–H and O–H groups in total. The van der Waals surface area contributed by atoms with E-state index >= 15 is 0 Å². The minimum absolute atomic E-state index is 0.187. The number of nitrogens with one attached hydrogen (secondary N) is 1. The van der Waals surface area contributed by atoms with E-state index in [-0.39, 0.29) is 11.5 Å². The quantitative estimate of drug-likeness (QED) is 0.188. The van der Waals surface area contributed by atoms with Crippen LogP contribution in [0.4, 0.5) is 5.69 Å². The highest BCUT2D eigenvalue weighted by Gasteiger charge is 2.33. The standard InChI is InChI=1S/C38H42N4O4/c1-40(2)15-7-14-39-37(43)25-12-13-26(38(44)45)29(22-25)32-30-20-23-8-3-16-41-18-5-10-27(33(23)41)35(30)46-36-28-11-6-19-42-17-4-9-24(34(28)42)21-31(32)36/h12-13,20,22H,3-11,14-19H2,1-2H3,(H,39,43)(H,44,45). The van der Waals surface area contributed by atoms with Crippen LogP contribution < -0.4 is 30.1 Å². The van der Waals surface area contributed by atoms with Crippen molar-refractivity contribution in [2.75, 3.05) is 58.3 Å². The first kappa shape index (κ1) is 29.2. The lowest BCUT2D eigenvalue weighted by molar-refractivity contribution is 0.0696. The molecular formula is C38H42N4O4. The molecule has 5 aliphatic rings. The van der Waals surface area contributed by atoms with E-state index in [0.29, 0.717) is 17.7 Å². The van der Waals surface area contributed by atoms with E-state index in [1.54, 1.807) is 18.2 Å². The fourth-order valence-corrected chi connectivity index (χ4v) is 8.45. The first-order valence-electron chi connectivity index (χ1n) is 17.0. The Kier molecular flexibility index (Phi) is 7.35. The molecule has 8 nitrogen and oxygen atoms in total. The van der Waals surface area contributed by atoms with Gasteiger partial charge in [-0.15, -0.1) is 6.07 Å². The van der Waals surface area contributed by atoms with Crippen molar-refractivity contribution in [3.05, 3.63) is 85.4 Å². The largest absolute Gasteiger partial charge is 0.501 e. The van der Waals surface area contributed by atoms with Crippen LogP contribution in [-0.2, 0) is 25.7 Å². The van der Waals surface area contributed by atoms with Crippen molar-refractivity contribution in [3.63, 3.8) is 0 Å². The maximum absolute atomic E-state index is 13.4. The van der Waals surface area contributed by atoms with E-state index in [2.05, 4.69) is 31.8 Å². The molecule has 5 aliphatic heterocycles. The zero-order valence-electron chi connectivity index (χ0n) is 26.9. The van der Waals surface area contributed by atoms with Gasteiger partial charge in [0, 0.05) is 49.3 Å². The molecule has 46 heavy (non-hydrogen) atoms. The number of carbonyl (C=O) groups is 2. The Bertz CT molecular complexity index is 1920. The van der Waals surface area contributed by atoms with Crippen molar-refractivity contribution in [3.8, 4) is 11.5 Å². The number of rotatable bonds is 7. The van der Waals surface area contributed by atoms with Gasteiger partial charge in [-0.2, -0.15) is 0 Å². The van der Waals surface area contributed by atoms with Crippen LogP contribution in [0.25, 0.3) is 5.57 Å². The number of ether oxygens (including phenoxy) is 1. The lowest BCUT2D eigenvalue weighted by Gasteiger charge is -2.41. The van der Waals surface area contributed by atoms with Crippen molar-refractivity contribution >= 4 is 23.1 Å². The molecule has 0 radical (unpaired) electrons. The minimum atomic E-state index is -1.01. The van der Waals surface area contributed by atoms with Crippen LogP contribution in [0.5, 0.6) is 11.5 Å². The van der Waals surface area contributed by atoms with E-state index < -0.39 is 5.97 Å². The van der Waals surface area contributed by atoms with E-state index in [9.17, 15) is 14.7 Å². The summed E-state index contributed by atoms with van der Waals surface area (Å²) in [7, 11) is 4.03. The topological polar surface area (TPSA) is 85.1 Å². The lowest BCUT2D eigenvalue weighted by Crippen LogP contribution is -2.45. The molecule has 0 aliphatic carbocycles. The summed E-state index contributed by atoms with van der Waals surface area (Å²) in [5.41, 5.74) is 9.26. The Morgan fingerprint density at radius 3 is 2.57 bits per heavy atom. The highest BCUT2D eigenvalue weighted by atomic mass is 16.5. The second-order valence-corrected chi connectivity index (χ2v) is 13.7. The Morgan fingerprint density at radius 2 is 1.76 bits per heavy atom. The van der Waals surface area contributed by atoms with Gasteiger partial charge in [0.2, 0.25) is 0 Å². The van der Waals surface area contributed by atoms with Gasteiger partial charge < -0.3 is 25.0 Å². The molecule has 0 unspecified atom stereocenters. The van der Waals surface area contributed by atoms with Gasteiger partial charge in [-0.1, -0.05) is 28.5 Å². The number of fused-ring (bicyclic) bond motifs is 4. The third-order valence-corrected chi connectivity index (χ3v) is 10.4. The maximum atomic E-state index is 13.4. The van der Waals surface area contributed by atoms with Gasteiger partial charge in [0.25, 0.3) is 5.91 Å². The molecule has 5 heterocycles. The number of aryl methyl sites for hydroxylation is 2. The SMILES string of the molecule is CN(C)CCCNC(=O)c1ccc(C(=O)O)c(C2=c3[c-]c4c5c(c3Oc3c2cc2c6c3CCCN6CCC2)CCC[N+]=5CCC4)c1. The van der Waals surface area contributed by atoms with Crippen LogP contribution in [0, 0.1) is 6.07 Å². The molecule has 238 valence electrons. The Labute approximate surface area is 270 Å². The first-order chi connectivity index (χ1) is 22.4. The molecule has 0 saturated carbocycles. The Hall–Kier alpha value is -4.17. The number of hydrogen-bond acceptors (Lipinski definition) is 5. The number of benzene rings is 3. The first-order valence-corrected chi connectivity index (χ1v) is 17.0. The molecule has 8 rings (SSSR count). The molecule has 1 amide bonds. The van der Waals surface area contributed by atoms with Gasteiger partial charge in [0.1, 0.15) is 24.2 Å². The fraction of sp³-hybridized carbons (Fsp3) is 0.447. The maximum Gasteiger partial charge on any atom is 0.335 e. The van der Waals surface area contributed by atoms with Crippen molar-refractivity contribution in [1.29, 1.82) is 0 Å². The molecule has 0 aromatic heterocycles. The second-order valence-electron chi connectivity index (χ2n) is 13.7. The zero-order chi connectivity index (χ0) is 31.5. The predicted molar refractivity (Wildman–Crippen MR) is 178 cm³/mol. The number of hydrogen-bond donors (Lipinski definition) is 2. The summed E-state index contributed by atoms with van der Waals surface area (Å²) >= 11 is 0. The van der Waals surface area contributed by atoms with Crippen LogP contribution in [0.2, 0.25) is 0 Å². The predicted octanol–water partition coefficient (Wildman–Crippen LogP) is 3.30. The number of carbonyl (C=O) groups excluding carboxylic acids is 1. The smallest absolute Gasteiger partial charge is 0.335 e. The molecule has 0 atom stereocenters. The molecule has 8 heteroatoms. The molecule has 0 spiro atoms. The third kappa shape index (κ3) is 4.80. The van der Waals surface area contributed by atoms with Gasteiger partial charge >= 0.3 is 5.97 Å². The summed E-state index contributed by atoms with van der Waals surface area (Å²) in [6.07, 6.45) is 8.91. The van der Waals surface area contributed by atoms with Crippen molar-refractivity contribution < 1.29 is 19.4 Å². The number of aromatic carboxylic acids is 1. The van der Waals surface area contributed by atoms with Crippen molar-refractivity contribution in [2.45, 2.75) is 57.8 Å². The molecule has 3 aromatic rings. The highest BCUT2D eigenvalue weighted by molar-refractivity contribution is 6.02. The lowest BCUT2D eigenvalue weighted by atomic mass is 9.81. The Morgan fingerprint density at radius 1 is 0.978 bits per heavy atom. The summed E-state index contributed by atoms with van der Waals surface area (Å²) in [5.74, 6) is 0.486. The number of nitrogens with zero attached hydrogens (tertiary/aromatic N) is 3. The number of amides is 1. The number of carboxylic acid groups (broad SMARTS) is 1. The van der Waals surface area contributed by atoms with Gasteiger partial charge in [0.05, 0.1) is 11.3 Å². The molecule has 3 aromatic carbocycles. The third-order valence-electron chi connectivity index (χ3n) is 10.4.